The average molecular weight is 344 g/mol. The van der Waals surface area contributed by atoms with Crippen LogP contribution in [0, 0.1) is 0 Å². The molecule has 0 atom stereocenters. The van der Waals surface area contributed by atoms with Crippen LogP contribution in [-0.4, -0.2) is 17.3 Å². The standard InChI is InChI=1S/C16H14BrN3O/c1-21-11-6-4-5-10(9-11)14-15(19-20-16(14)18)12-7-2-3-8-13(12)17/h2-9H,1H3,(H3,18,19,20). The fourth-order valence-corrected chi connectivity index (χ4v) is 2.77. The third-order valence-electron chi connectivity index (χ3n) is 3.30. The van der Waals surface area contributed by atoms with Crippen LogP contribution in [-0.2, 0) is 0 Å². The van der Waals surface area contributed by atoms with Gasteiger partial charge in [-0.15, -0.1) is 0 Å². The van der Waals surface area contributed by atoms with Gasteiger partial charge in [-0.2, -0.15) is 5.10 Å². The molecule has 106 valence electrons. The maximum Gasteiger partial charge on any atom is 0.153 e. The van der Waals surface area contributed by atoms with E-state index >= 15 is 0 Å². The number of hydrogen-bond donors (Lipinski definition) is 2. The highest BCUT2D eigenvalue weighted by Gasteiger charge is 2.16. The minimum atomic E-state index is 0.467. The number of benzene rings is 2. The Morgan fingerprint density at radius 3 is 2.71 bits per heavy atom. The zero-order valence-electron chi connectivity index (χ0n) is 11.4. The third-order valence-corrected chi connectivity index (χ3v) is 3.99. The number of aromatic nitrogens is 2. The average Bonchev–Trinajstić information content (AvgIpc) is 2.89. The second-order valence-corrected chi connectivity index (χ2v) is 5.42. The number of methoxy groups -OCH3 is 1. The molecule has 1 aromatic heterocycles. The van der Waals surface area contributed by atoms with Gasteiger partial charge in [-0.1, -0.05) is 46.3 Å². The fourth-order valence-electron chi connectivity index (χ4n) is 2.29. The summed E-state index contributed by atoms with van der Waals surface area (Å²) in [5, 5.41) is 7.18. The van der Waals surface area contributed by atoms with E-state index in [1.807, 2.05) is 48.5 Å². The van der Waals surface area contributed by atoms with E-state index in [2.05, 4.69) is 26.1 Å². The highest BCUT2D eigenvalue weighted by Crippen LogP contribution is 2.38. The number of halogens is 1. The van der Waals surface area contributed by atoms with Gasteiger partial charge < -0.3 is 10.5 Å². The molecule has 4 nitrogen and oxygen atoms in total. The number of ether oxygens (including phenoxy) is 1. The fraction of sp³-hybridized carbons (Fsp3) is 0.0625. The van der Waals surface area contributed by atoms with Crippen molar-refractivity contribution in [1.82, 2.24) is 10.2 Å². The molecule has 0 unspecified atom stereocenters. The molecule has 5 heteroatoms. The van der Waals surface area contributed by atoms with Crippen LogP contribution in [0.4, 0.5) is 5.82 Å². The van der Waals surface area contributed by atoms with Crippen molar-refractivity contribution < 1.29 is 4.74 Å². The summed E-state index contributed by atoms with van der Waals surface area (Å²) in [5.41, 5.74) is 9.79. The summed E-state index contributed by atoms with van der Waals surface area (Å²) in [6, 6.07) is 15.7. The molecule has 0 saturated heterocycles. The van der Waals surface area contributed by atoms with E-state index in [1.54, 1.807) is 7.11 Å². The minimum absolute atomic E-state index is 0.467. The molecule has 0 bridgehead atoms. The van der Waals surface area contributed by atoms with Crippen LogP contribution in [0.3, 0.4) is 0 Å². The van der Waals surface area contributed by atoms with E-state index in [0.717, 1.165) is 32.6 Å². The normalized spacial score (nSPS) is 10.6. The summed E-state index contributed by atoms with van der Waals surface area (Å²) in [5.74, 6) is 1.25. The van der Waals surface area contributed by atoms with Gasteiger partial charge in [-0.05, 0) is 23.8 Å². The number of anilines is 1. The van der Waals surface area contributed by atoms with Crippen LogP contribution in [0.15, 0.2) is 53.0 Å². The number of H-pyrrole nitrogens is 1. The van der Waals surface area contributed by atoms with Crippen LogP contribution in [0.2, 0.25) is 0 Å². The number of aromatic amines is 1. The van der Waals surface area contributed by atoms with Gasteiger partial charge in [0.05, 0.1) is 18.4 Å². The molecule has 0 aliphatic rings. The van der Waals surface area contributed by atoms with E-state index < -0.39 is 0 Å². The van der Waals surface area contributed by atoms with Crippen molar-refractivity contribution in [3.63, 3.8) is 0 Å². The highest BCUT2D eigenvalue weighted by molar-refractivity contribution is 9.10. The Morgan fingerprint density at radius 1 is 1.14 bits per heavy atom. The second-order valence-electron chi connectivity index (χ2n) is 4.57. The summed E-state index contributed by atoms with van der Waals surface area (Å²) < 4.78 is 6.27. The number of hydrogen-bond acceptors (Lipinski definition) is 3. The zero-order valence-corrected chi connectivity index (χ0v) is 13.0. The predicted octanol–water partition coefficient (Wildman–Crippen LogP) is 4.10. The van der Waals surface area contributed by atoms with Gasteiger partial charge in [0.1, 0.15) is 5.75 Å². The van der Waals surface area contributed by atoms with Gasteiger partial charge in [0.2, 0.25) is 0 Å². The number of rotatable bonds is 3. The van der Waals surface area contributed by atoms with Crippen molar-refractivity contribution in [3.05, 3.63) is 53.0 Å². The first-order chi connectivity index (χ1) is 10.2. The van der Waals surface area contributed by atoms with Crippen LogP contribution >= 0.6 is 15.9 Å². The van der Waals surface area contributed by atoms with E-state index in [1.165, 1.54) is 0 Å². The maximum atomic E-state index is 6.05. The summed E-state index contributed by atoms with van der Waals surface area (Å²) in [4.78, 5) is 0. The van der Waals surface area contributed by atoms with Gasteiger partial charge in [0, 0.05) is 10.0 Å². The van der Waals surface area contributed by atoms with Gasteiger partial charge in [0.15, 0.2) is 5.82 Å². The molecule has 0 fully saturated rings. The Morgan fingerprint density at radius 2 is 1.95 bits per heavy atom. The van der Waals surface area contributed by atoms with Crippen LogP contribution < -0.4 is 10.5 Å². The molecule has 0 radical (unpaired) electrons. The molecule has 1 heterocycles. The number of nitrogen functional groups attached to an aromatic ring is 1. The molecular weight excluding hydrogens is 330 g/mol. The molecule has 0 spiro atoms. The van der Waals surface area contributed by atoms with Crippen molar-refractivity contribution in [2.45, 2.75) is 0 Å². The Bertz CT molecular complexity index is 783. The first kappa shape index (κ1) is 13.7. The molecule has 3 aromatic rings. The summed E-state index contributed by atoms with van der Waals surface area (Å²) >= 11 is 3.56. The van der Waals surface area contributed by atoms with Gasteiger partial charge in [-0.25, -0.2) is 0 Å². The Labute approximate surface area is 131 Å². The molecule has 0 aliphatic heterocycles. The zero-order chi connectivity index (χ0) is 14.8. The summed E-state index contributed by atoms with van der Waals surface area (Å²) in [6.07, 6.45) is 0. The smallest absolute Gasteiger partial charge is 0.153 e. The van der Waals surface area contributed by atoms with Crippen molar-refractivity contribution in [3.8, 4) is 28.1 Å². The lowest BCUT2D eigenvalue weighted by Crippen LogP contribution is -1.90. The number of nitrogens with one attached hydrogen (secondary N) is 1. The molecule has 3 rings (SSSR count). The van der Waals surface area contributed by atoms with Crippen molar-refractivity contribution in [2.24, 2.45) is 0 Å². The topological polar surface area (TPSA) is 63.9 Å². The van der Waals surface area contributed by atoms with Crippen molar-refractivity contribution in [2.75, 3.05) is 12.8 Å². The minimum Gasteiger partial charge on any atom is -0.497 e. The van der Waals surface area contributed by atoms with Gasteiger partial charge in [0.25, 0.3) is 0 Å². The lowest BCUT2D eigenvalue weighted by atomic mass is 10.0. The van der Waals surface area contributed by atoms with Crippen LogP contribution in [0.25, 0.3) is 22.4 Å². The molecule has 0 amide bonds. The van der Waals surface area contributed by atoms with Crippen LogP contribution in [0.5, 0.6) is 5.75 Å². The third kappa shape index (κ3) is 2.52. The Balaban J connectivity index is 2.20. The monoisotopic (exact) mass is 343 g/mol. The van der Waals surface area contributed by atoms with E-state index in [-0.39, 0.29) is 0 Å². The largest absolute Gasteiger partial charge is 0.497 e. The van der Waals surface area contributed by atoms with Crippen molar-refractivity contribution in [1.29, 1.82) is 0 Å². The van der Waals surface area contributed by atoms with Gasteiger partial charge in [-0.3, -0.25) is 5.10 Å². The first-order valence-electron chi connectivity index (χ1n) is 6.44. The molecular formula is C16H14BrN3O. The van der Waals surface area contributed by atoms with Crippen molar-refractivity contribution >= 4 is 21.7 Å². The molecule has 2 aromatic carbocycles. The molecule has 0 aliphatic carbocycles. The lowest BCUT2D eigenvalue weighted by molar-refractivity contribution is 0.415. The number of nitrogens with zero attached hydrogens (tertiary/aromatic N) is 1. The Hall–Kier alpha value is -2.27. The van der Waals surface area contributed by atoms with Gasteiger partial charge >= 0.3 is 0 Å². The van der Waals surface area contributed by atoms with E-state index in [9.17, 15) is 0 Å². The number of nitrogens with two attached hydrogens (primary N) is 1. The van der Waals surface area contributed by atoms with E-state index in [0.29, 0.717) is 5.82 Å². The van der Waals surface area contributed by atoms with E-state index in [4.69, 9.17) is 10.5 Å². The SMILES string of the molecule is COc1cccc(-c2c(N)n[nH]c2-c2ccccc2Br)c1. The summed E-state index contributed by atoms with van der Waals surface area (Å²) in [7, 11) is 1.65. The summed E-state index contributed by atoms with van der Waals surface area (Å²) in [6.45, 7) is 0. The molecule has 3 N–H and O–H groups in total. The van der Waals surface area contributed by atoms with Crippen LogP contribution in [0.1, 0.15) is 0 Å². The quantitative estimate of drug-likeness (QED) is 0.752. The second kappa shape index (κ2) is 5.61. The predicted molar refractivity (Wildman–Crippen MR) is 88.1 cm³/mol. The highest BCUT2D eigenvalue weighted by atomic mass is 79.9. The lowest BCUT2D eigenvalue weighted by Gasteiger charge is -2.08. The maximum absolute atomic E-state index is 6.05. The Kier molecular flexibility index (Phi) is 3.66. The first-order valence-corrected chi connectivity index (χ1v) is 7.23. The molecule has 0 saturated carbocycles. The molecule has 21 heavy (non-hydrogen) atoms.